The molecule has 2 rings (SSSR count). The van der Waals surface area contributed by atoms with Gasteiger partial charge in [-0.05, 0) is 64.9 Å². The van der Waals surface area contributed by atoms with Crippen LogP contribution in [0.5, 0.6) is 0 Å². The van der Waals surface area contributed by atoms with Crippen molar-refractivity contribution in [1.29, 1.82) is 0 Å². The van der Waals surface area contributed by atoms with Crippen LogP contribution in [0.3, 0.4) is 0 Å². The Kier molecular flexibility index (Phi) is 17.6. The number of carbonyl (C=O) groups excluding carboxylic acids is 5. The van der Waals surface area contributed by atoms with Gasteiger partial charge in [-0.1, -0.05) is 71.4 Å². The molecule has 0 aromatic heterocycles. The van der Waals surface area contributed by atoms with E-state index in [-0.39, 0.29) is 42.4 Å². The summed E-state index contributed by atoms with van der Waals surface area (Å²) in [4.78, 5) is 71.5. The summed E-state index contributed by atoms with van der Waals surface area (Å²) < 4.78 is 17.6. The smallest absolute Gasteiger partial charge is 0.329 e. The lowest BCUT2D eigenvalue weighted by Crippen LogP contribution is -2.60. The first-order valence-corrected chi connectivity index (χ1v) is 19.4. The van der Waals surface area contributed by atoms with Gasteiger partial charge in [-0.3, -0.25) is 19.2 Å². The second-order valence-electron chi connectivity index (χ2n) is 16.8. The SMILES string of the molecule is CCC(C)C(C(CC(=O)N1CCC[C@H]1C(OC)C(C)C(=O)NC(Cc1ccccc1)C(=O)OC(C)(C)C)OC)N(C)C(=O)C(NC(=O)C(C)(C)N)C(C)C. The molecule has 8 atom stereocenters. The summed E-state index contributed by atoms with van der Waals surface area (Å²) in [6.07, 6.45) is 0.975. The zero-order valence-electron chi connectivity index (χ0n) is 35.1. The Morgan fingerprint density at radius 3 is 2.07 bits per heavy atom. The molecule has 1 aliphatic rings. The molecule has 4 N–H and O–H groups in total. The number of nitrogens with zero attached hydrogens (tertiary/aromatic N) is 2. The topological polar surface area (TPSA) is 170 Å². The second kappa shape index (κ2) is 20.4. The van der Waals surface area contributed by atoms with Crippen LogP contribution in [0.4, 0.5) is 0 Å². The van der Waals surface area contributed by atoms with Crippen molar-refractivity contribution in [3.63, 3.8) is 0 Å². The Balaban J connectivity index is 2.30. The first-order valence-electron chi connectivity index (χ1n) is 19.4. The van der Waals surface area contributed by atoms with E-state index < -0.39 is 65.3 Å². The van der Waals surface area contributed by atoms with Gasteiger partial charge >= 0.3 is 5.97 Å². The van der Waals surface area contributed by atoms with Crippen molar-refractivity contribution in [2.45, 2.75) is 149 Å². The molecule has 1 aliphatic heterocycles. The third-order valence-corrected chi connectivity index (χ3v) is 10.4. The van der Waals surface area contributed by atoms with Crippen LogP contribution < -0.4 is 16.4 Å². The standard InChI is InChI=1S/C41H69N5O8/c1-14-26(4)34(45(11)37(49)33(25(2)3)44-39(51)41(9,10)42)31(52-12)24-32(47)46-22-18-21-30(46)35(53-13)27(5)36(48)43-29(38(50)54-40(6,7)8)23-28-19-16-15-17-20-28/h15-17,19-20,25-27,29-31,33-35H,14,18,21-24,42H2,1-13H3,(H,43,48)(H,44,51)/t26?,27?,29?,30-,31?,33?,34?,35?/m0/s1. The Hall–Kier alpha value is -3.55. The van der Waals surface area contributed by atoms with Crippen LogP contribution in [0.1, 0.15) is 100 Å². The average molecular weight is 760 g/mol. The van der Waals surface area contributed by atoms with E-state index in [1.165, 1.54) is 14.2 Å². The summed E-state index contributed by atoms with van der Waals surface area (Å²) >= 11 is 0. The van der Waals surface area contributed by atoms with Crippen molar-refractivity contribution < 1.29 is 38.2 Å². The largest absolute Gasteiger partial charge is 0.458 e. The van der Waals surface area contributed by atoms with Crippen LogP contribution in [0.25, 0.3) is 0 Å². The van der Waals surface area contributed by atoms with Gasteiger partial charge in [0.15, 0.2) is 0 Å². The fourth-order valence-electron chi connectivity index (χ4n) is 7.09. The van der Waals surface area contributed by atoms with Crippen LogP contribution >= 0.6 is 0 Å². The van der Waals surface area contributed by atoms with E-state index in [4.69, 9.17) is 19.9 Å². The van der Waals surface area contributed by atoms with Gasteiger partial charge in [0.2, 0.25) is 23.6 Å². The minimum atomic E-state index is -1.17. The molecule has 0 spiro atoms. The summed E-state index contributed by atoms with van der Waals surface area (Å²) in [7, 11) is 4.75. The fourth-order valence-corrected chi connectivity index (χ4v) is 7.09. The molecule has 0 radical (unpaired) electrons. The highest BCUT2D eigenvalue weighted by Gasteiger charge is 2.43. The number of rotatable bonds is 19. The minimum absolute atomic E-state index is 0.0109. The van der Waals surface area contributed by atoms with Gasteiger partial charge in [0.1, 0.15) is 17.7 Å². The van der Waals surface area contributed by atoms with Crippen LogP contribution in [-0.2, 0) is 44.6 Å². The van der Waals surface area contributed by atoms with Gasteiger partial charge in [-0.15, -0.1) is 0 Å². The maximum absolute atomic E-state index is 14.2. The molecular formula is C41H69N5O8. The Bertz CT molecular complexity index is 1390. The quantitative estimate of drug-likeness (QED) is 0.178. The molecule has 4 amide bonds. The Labute approximate surface area is 323 Å². The fraction of sp³-hybridized carbons (Fsp3) is 0.732. The summed E-state index contributed by atoms with van der Waals surface area (Å²) in [6, 6.07) is 6.77. The van der Waals surface area contributed by atoms with Crippen LogP contribution in [0.2, 0.25) is 0 Å². The number of hydrogen-bond donors (Lipinski definition) is 3. The molecule has 0 bridgehead atoms. The summed E-state index contributed by atoms with van der Waals surface area (Å²) in [5, 5.41) is 5.75. The number of nitrogens with two attached hydrogens (primary N) is 1. The first kappa shape index (κ1) is 46.6. The van der Waals surface area contributed by atoms with Gasteiger partial charge in [-0.25, -0.2) is 4.79 Å². The summed E-state index contributed by atoms with van der Waals surface area (Å²) in [5.74, 6) is -2.82. The Morgan fingerprint density at radius 2 is 1.57 bits per heavy atom. The molecule has 1 aromatic carbocycles. The van der Waals surface area contributed by atoms with E-state index >= 15 is 0 Å². The molecule has 7 unspecified atom stereocenters. The molecular weight excluding hydrogens is 690 g/mol. The van der Waals surface area contributed by atoms with Crippen molar-refractivity contribution >= 4 is 29.6 Å². The molecule has 0 aliphatic carbocycles. The van der Waals surface area contributed by atoms with Gasteiger partial charge in [0, 0.05) is 34.2 Å². The van der Waals surface area contributed by atoms with Crippen LogP contribution in [0, 0.1) is 17.8 Å². The van der Waals surface area contributed by atoms with E-state index in [1.807, 2.05) is 58.0 Å². The summed E-state index contributed by atoms with van der Waals surface area (Å²) in [6.45, 7) is 18.5. The van der Waals surface area contributed by atoms with Crippen molar-refractivity contribution in [3.05, 3.63) is 35.9 Å². The number of benzene rings is 1. The predicted molar refractivity (Wildman–Crippen MR) is 209 cm³/mol. The molecule has 1 aromatic rings. The lowest BCUT2D eigenvalue weighted by molar-refractivity contribution is -0.159. The normalized spacial score (nSPS) is 18.9. The maximum atomic E-state index is 14.2. The monoisotopic (exact) mass is 760 g/mol. The zero-order chi connectivity index (χ0) is 41.1. The van der Waals surface area contributed by atoms with E-state index in [1.54, 1.807) is 58.4 Å². The third-order valence-electron chi connectivity index (χ3n) is 10.4. The lowest BCUT2D eigenvalue weighted by Gasteiger charge is -2.41. The summed E-state index contributed by atoms with van der Waals surface area (Å²) in [5.41, 5.74) is 4.99. The number of methoxy groups -OCH3 is 2. The number of hydrogen-bond acceptors (Lipinski definition) is 9. The molecule has 1 heterocycles. The minimum Gasteiger partial charge on any atom is -0.458 e. The average Bonchev–Trinajstić information content (AvgIpc) is 3.58. The molecule has 1 fully saturated rings. The zero-order valence-corrected chi connectivity index (χ0v) is 35.1. The van der Waals surface area contributed by atoms with E-state index in [9.17, 15) is 24.0 Å². The van der Waals surface area contributed by atoms with Crippen molar-refractivity contribution in [2.24, 2.45) is 23.5 Å². The molecule has 1 saturated heterocycles. The van der Waals surface area contributed by atoms with Crippen LogP contribution in [-0.4, -0.2) is 115 Å². The number of ether oxygens (including phenoxy) is 3. The third kappa shape index (κ3) is 13.0. The highest BCUT2D eigenvalue weighted by molar-refractivity contribution is 5.92. The van der Waals surface area contributed by atoms with E-state index in [0.29, 0.717) is 19.4 Å². The predicted octanol–water partition coefficient (Wildman–Crippen LogP) is 3.85. The Morgan fingerprint density at radius 1 is 0.963 bits per heavy atom. The number of amides is 4. The number of likely N-dealkylation sites (tertiary alicyclic amines) is 1. The number of likely N-dealkylation sites (N-methyl/N-ethyl adjacent to an activating group) is 1. The van der Waals surface area contributed by atoms with Crippen molar-refractivity contribution in [2.75, 3.05) is 27.8 Å². The van der Waals surface area contributed by atoms with Gasteiger partial charge in [0.25, 0.3) is 0 Å². The molecule has 13 heteroatoms. The maximum Gasteiger partial charge on any atom is 0.329 e. The highest BCUT2D eigenvalue weighted by Crippen LogP contribution is 2.30. The van der Waals surface area contributed by atoms with Crippen molar-refractivity contribution in [1.82, 2.24) is 20.4 Å². The molecule has 0 saturated carbocycles. The highest BCUT2D eigenvalue weighted by atomic mass is 16.6. The second-order valence-corrected chi connectivity index (χ2v) is 16.8. The van der Waals surface area contributed by atoms with Gasteiger partial charge in [-0.2, -0.15) is 0 Å². The molecule has 13 nitrogen and oxygen atoms in total. The van der Waals surface area contributed by atoms with Crippen LogP contribution in [0.15, 0.2) is 30.3 Å². The molecule has 306 valence electrons. The van der Waals surface area contributed by atoms with E-state index in [2.05, 4.69) is 10.6 Å². The number of carbonyl (C=O) groups is 5. The number of esters is 1. The van der Waals surface area contributed by atoms with Crippen molar-refractivity contribution in [3.8, 4) is 0 Å². The van der Waals surface area contributed by atoms with Gasteiger partial charge < -0.3 is 40.4 Å². The first-order chi connectivity index (χ1) is 25.1. The molecule has 54 heavy (non-hydrogen) atoms. The van der Waals surface area contributed by atoms with Gasteiger partial charge in [0.05, 0.1) is 42.2 Å². The van der Waals surface area contributed by atoms with E-state index in [0.717, 1.165) is 12.0 Å². The lowest BCUT2D eigenvalue weighted by atomic mass is 9.89. The number of nitrogens with one attached hydrogen (secondary N) is 2.